The summed E-state index contributed by atoms with van der Waals surface area (Å²) in [4.78, 5) is 13.3. The molecule has 1 unspecified atom stereocenters. The van der Waals surface area contributed by atoms with Crippen LogP contribution in [-0.4, -0.2) is 22.2 Å². The van der Waals surface area contributed by atoms with E-state index in [2.05, 4.69) is 18.9 Å². The van der Waals surface area contributed by atoms with Crippen LogP contribution in [-0.2, 0) is 12.5 Å². The Balaban J connectivity index is 2.12. The van der Waals surface area contributed by atoms with E-state index in [0.29, 0.717) is 10.6 Å². The average Bonchev–Trinajstić information content (AvgIpc) is 3.01. The standard InChI is InChI=1S/C18H21F2N3O/c1-11-8-18(2,3)13-6-5-7-14(15(11)13)23(17(19)20)16(24)12-9-21-22(4)10-12/h5-7,9-11,17H,8H2,1-4H3. The lowest BCUT2D eigenvalue weighted by Gasteiger charge is -2.26. The second kappa shape index (κ2) is 5.69. The number of nitrogens with zero attached hydrogens (tertiary/aromatic N) is 3. The van der Waals surface area contributed by atoms with Crippen LogP contribution in [0.15, 0.2) is 30.6 Å². The molecule has 1 aromatic heterocycles. The van der Waals surface area contributed by atoms with E-state index in [1.807, 2.05) is 13.0 Å². The summed E-state index contributed by atoms with van der Waals surface area (Å²) in [5.41, 5.74) is 2.25. The van der Waals surface area contributed by atoms with Crippen LogP contribution >= 0.6 is 0 Å². The van der Waals surface area contributed by atoms with Crippen LogP contribution < -0.4 is 4.90 Å². The van der Waals surface area contributed by atoms with Crippen molar-refractivity contribution in [1.82, 2.24) is 9.78 Å². The summed E-state index contributed by atoms with van der Waals surface area (Å²) in [5.74, 6) is -0.613. The lowest BCUT2D eigenvalue weighted by atomic mass is 9.86. The molecule has 4 nitrogen and oxygen atoms in total. The van der Waals surface area contributed by atoms with Gasteiger partial charge in [-0.1, -0.05) is 32.9 Å². The van der Waals surface area contributed by atoms with Crippen molar-refractivity contribution in [2.75, 3.05) is 4.90 Å². The van der Waals surface area contributed by atoms with E-state index in [9.17, 15) is 13.6 Å². The molecule has 128 valence electrons. The molecule has 0 saturated heterocycles. The zero-order valence-corrected chi connectivity index (χ0v) is 14.3. The van der Waals surface area contributed by atoms with Crippen LogP contribution in [0.1, 0.15) is 54.6 Å². The average molecular weight is 333 g/mol. The van der Waals surface area contributed by atoms with Crippen molar-refractivity contribution in [3.8, 4) is 0 Å². The Kier molecular flexibility index (Phi) is 3.94. The van der Waals surface area contributed by atoms with Gasteiger partial charge in [-0.2, -0.15) is 13.9 Å². The smallest absolute Gasteiger partial charge is 0.275 e. The first-order chi connectivity index (χ1) is 11.2. The summed E-state index contributed by atoms with van der Waals surface area (Å²) >= 11 is 0. The van der Waals surface area contributed by atoms with E-state index in [1.165, 1.54) is 17.1 Å². The number of anilines is 1. The highest BCUT2D eigenvalue weighted by atomic mass is 19.3. The zero-order valence-electron chi connectivity index (χ0n) is 14.3. The van der Waals surface area contributed by atoms with Crippen molar-refractivity contribution >= 4 is 11.6 Å². The SMILES string of the molecule is CC1CC(C)(C)c2cccc(N(C(=O)c3cnn(C)c3)C(F)F)c21. The number of hydrogen-bond donors (Lipinski definition) is 0. The lowest BCUT2D eigenvalue weighted by Crippen LogP contribution is -2.36. The van der Waals surface area contributed by atoms with Crippen molar-refractivity contribution in [1.29, 1.82) is 0 Å². The van der Waals surface area contributed by atoms with Gasteiger partial charge in [0.25, 0.3) is 5.91 Å². The highest BCUT2D eigenvalue weighted by molar-refractivity contribution is 6.06. The summed E-state index contributed by atoms with van der Waals surface area (Å²) in [7, 11) is 1.65. The van der Waals surface area contributed by atoms with Crippen LogP contribution in [0.2, 0.25) is 0 Å². The number of carbonyl (C=O) groups excluding carboxylic acids is 1. The van der Waals surface area contributed by atoms with Crippen molar-refractivity contribution < 1.29 is 13.6 Å². The van der Waals surface area contributed by atoms with Gasteiger partial charge in [-0.15, -0.1) is 0 Å². The predicted molar refractivity (Wildman–Crippen MR) is 88.5 cm³/mol. The number of alkyl halides is 2. The predicted octanol–water partition coefficient (Wildman–Crippen LogP) is 4.07. The Morgan fingerprint density at radius 2 is 2.12 bits per heavy atom. The first-order valence-electron chi connectivity index (χ1n) is 7.96. The maximum Gasteiger partial charge on any atom is 0.321 e. The van der Waals surface area contributed by atoms with Gasteiger partial charge in [0.2, 0.25) is 0 Å². The van der Waals surface area contributed by atoms with E-state index < -0.39 is 12.5 Å². The Hall–Kier alpha value is -2.24. The third-order valence-electron chi connectivity index (χ3n) is 4.75. The molecule has 1 aliphatic carbocycles. The zero-order chi connectivity index (χ0) is 17.6. The summed E-state index contributed by atoms with van der Waals surface area (Å²) in [6.45, 7) is 3.32. The van der Waals surface area contributed by atoms with Crippen LogP contribution in [0, 0.1) is 0 Å². The molecule has 6 heteroatoms. The maximum absolute atomic E-state index is 13.8. The van der Waals surface area contributed by atoms with Gasteiger partial charge in [0.1, 0.15) is 0 Å². The number of rotatable bonds is 3. The van der Waals surface area contributed by atoms with Gasteiger partial charge in [-0.05, 0) is 34.9 Å². The van der Waals surface area contributed by atoms with Gasteiger partial charge in [-0.25, -0.2) is 0 Å². The number of fused-ring (bicyclic) bond motifs is 1. The Morgan fingerprint density at radius 1 is 1.42 bits per heavy atom. The minimum Gasteiger partial charge on any atom is -0.275 e. The fraction of sp³-hybridized carbons (Fsp3) is 0.444. The minimum atomic E-state index is -2.92. The second-order valence-corrected chi connectivity index (χ2v) is 7.08. The topological polar surface area (TPSA) is 38.1 Å². The number of benzene rings is 1. The van der Waals surface area contributed by atoms with Crippen LogP contribution in [0.3, 0.4) is 0 Å². The molecule has 0 bridgehead atoms. The molecule has 1 amide bonds. The second-order valence-electron chi connectivity index (χ2n) is 7.08. The molecule has 0 aliphatic heterocycles. The Labute approximate surface area is 140 Å². The van der Waals surface area contributed by atoms with E-state index in [1.54, 1.807) is 19.2 Å². The first kappa shape index (κ1) is 16.6. The third kappa shape index (κ3) is 2.60. The Morgan fingerprint density at radius 3 is 2.71 bits per heavy atom. The maximum atomic E-state index is 13.8. The molecule has 0 fully saturated rings. The van der Waals surface area contributed by atoms with Gasteiger partial charge in [0.15, 0.2) is 0 Å². The number of aryl methyl sites for hydroxylation is 1. The molecule has 1 heterocycles. The molecule has 0 N–H and O–H groups in total. The molecule has 0 radical (unpaired) electrons. The van der Waals surface area contributed by atoms with Crippen LogP contribution in [0.5, 0.6) is 0 Å². The summed E-state index contributed by atoms with van der Waals surface area (Å²) in [5, 5.41) is 3.91. The number of hydrogen-bond acceptors (Lipinski definition) is 2. The molecular weight excluding hydrogens is 312 g/mol. The van der Waals surface area contributed by atoms with Gasteiger partial charge < -0.3 is 0 Å². The summed E-state index contributed by atoms with van der Waals surface area (Å²) in [6, 6.07) is 5.33. The highest BCUT2D eigenvalue weighted by Crippen LogP contribution is 2.49. The van der Waals surface area contributed by atoms with Crippen molar-refractivity contribution in [3.63, 3.8) is 0 Å². The molecule has 1 aromatic carbocycles. The van der Waals surface area contributed by atoms with E-state index in [0.717, 1.165) is 17.5 Å². The summed E-state index contributed by atoms with van der Waals surface area (Å²) in [6.07, 6.45) is 3.64. The molecule has 1 atom stereocenters. The molecule has 3 rings (SSSR count). The number of amides is 1. The lowest BCUT2D eigenvalue weighted by molar-refractivity contribution is 0.0838. The van der Waals surface area contributed by atoms with Gasteiger partial charge in [0.05, 0.1) is 17.4 Å². The van der Waals surface area contributed by atoms with Gasteiger partial charge in [-0.3, -0.25) is 14.4 Å². The van der Waals surface area contributed by atoms with Crippen molar-refractivity contribution in [2.45, 2.75) is 45.1 Å². The van der Waals surface area contributed by atoms with E-state index >= 15 is 0 Å². The number of aromatic nitrogens is 2. The highest BCUT2D eigenvalue weighted by Gasteiger charge is 2.39. The number of halogens is 2. The molecule has 24 heavy (non-hydrogen) atoms. The Bertz CT molecular complexity index is 782. The third-order valence-corrected chi connectivity index (χ3v) is 4.75. The fourth-order valence-electron chi connectivity index (χ4n) is 3.82. The first-order valence-corrected chi connectivity index (χ1v) is 7.96. The van der Waals surface area contributed by atoms with Crippen molar-refractivity contribution in [3.05, 3.63) is 47.3 Å². The van der Waals surface area contributed by atoms with E-state index in [4.69, 9.17) is 0 Å². The molecule has 0 saturated carbocycles. The van der Waals surface area contributed by atoms with Gasteiger partial charge in [0, 0.05) is 13.2 Å². The van der Waals surface area contributed by atoms with Crippen LogP contribution in [0.25, 0.3) is 0 Å². The van der Waals surface area contributed by atoms with Gasteiger partial charge >= 0.3 is 6.55 Å². The monoisotopic (exact) mass is 333 g/mol. The summed E-state index contributed by atoms with van der Waals surface area (Å²) < 4.78 is 29.0. The molecular formula is C18H21F2N3O. The van der Waals surface area contributed by atoms with Crippen molar-refractivity contribution in [2.24, 2.45) is 7.05 Å². The molecule has 1 aliphatic rings. The molecule has 2 aromatic rings. The van der Waals surface area contributed by atoms with Crippen LogP contribution in [0.4, 0.5) is 14.5 Å². The quantitative estimate of drug-likeness (QED) is 0.794. The normalized spacial score (nSPS) is 18.7. The van der Waals surface area contributed by atoms with E-state index in [-0.39, 0.29) is 16.9 Å². The number of carbonyl (C=O) groups is 1. The fourth-order valence-corrected chi connectivity index (χ4v) is 3.82. The minimum absolute atomic E-state index is 0.0874. The molecule has 0 spiro atoms. The largest absolute Gasteiger partial charge is 0.321 e.